The van der Waals surface area contributed by atoms with E-state index in [1.807, 2.05) is 20.8 Å². The number of hydrogen-bond acceptors (Lipinski definition) is 6. The maximum Gasteiger partial charge on any atom is 0.413 e. The van der Waals surface area contributed by atoms with E-state index < -0.39 is 24.1 Å². The Hall–Kier alpha value is -1.93. The van der Waals surface area contributed by atoms with Gasteiger partial charge in [-0.2, -0.15) is 0 Å². The molecule has 26 heavy (non-hydrogen) atoms. The van der Waals surface area contributed by atoms with Gasteiger partial charge in [-0.15, -0.1) is 11.3 Å². The molecule has 0 bridgehead atoms. The molecule has 2 rings (SSSR count). The zero-order valence-electron chi connectivity index (χ0n) is 15.3. The maximum atomic E-state index is 12.7. The van der Waals surface area contributed by atoms with Crippen molar-refractivity contribution in [3.63, 3.8) is 0 Å². The number of thiophene rings is 1. The highest BCUT2D eigenvalue weighted by molar-refractivity contribution is 7.08. The largest absolute Gasteiger partial charge is 0.413 e. The fraction of sp³-hybridized carbons (Fsp3) is 0.611. The predicted molar refractivity (Wildman–Crippen MR) is 98.3 cm³/mol. The first-order valence-corrected chi connectivity index (χ1v) is 9.80. The van der Waals surface area contributed by atoms with Crippen LogP contribution in [0.2, 0.25) is 0 Å². The van der Waals surface area contributed by atoms with Gasteiger partial charge in [0.05, 0.1) is 6.10 Å². The number of amides is 2. The van der Waals surface area contributed by atoms with Crippen LogP contribution in [-0.2, 0) is 14.3 Å². The summed E-state index contributed by atoms with van der Waals surface area (Å²) in [7, 11) is 0. The van der Waals surface area contributed by atoms with E-state index in [1.165, 1.54) is 11.3 Å². The molecule has 1 aromatic heterocycles. The van der Waals surface area contributed by atoms with Gasteiger partial charge in [-0.25, -0.2) is 4.79 Å². The van der Waals surface area contributed by atoms with E-state index in [1.54, 1.807) is 16.8 Å². The van der Waals surface area contributed by atoms with Crippen molar-refractivity contribution < 1.29 is 23.9 Å². The van der Waals surface area contributed by atoms with Gasteiger partial charge in [0.1, 0.15) is 24.4 Å². The minimum absolute atomic E-state index is 0.00768. The summed E-state index contributed by atoms with van der Waals surface area (Å²) in [5, 5.41) is 8.84. The first kappa shape index (κ1) is 20.4. The molecule has 144 valence electrons. The van der Waals surface area contributed by atoms with Crippen LogP contribution in [0.5, 0.6) is 5.75 Å². The molecule has 0 spiro atoms. The smallest absolute Gasteiger partial charge is 0.409 e. The zero-order chi connectivity index (χ0) is 19.1. The predicted octanol–water partition coefficient (Wildman–Crippen LogP) is 2.50. The fourth-order valence-electron chi connectivity index (χ4n) is 2.72. The van der Waals surface area contributed by atoms with Gasteiger partial charge in [-0.3, -0.25) is 9.59 Å². The number of nitrogens with one attached hydrogen (secondary N) is 2. The Morgan fingerprint density at radius 2 is 2.15 bits per heavy atom. The Bertz CT molecular complexity index is 617. The van der Waals surface area contributed by atoms with Crippen LogP contribution in [0, 0.1) is 5.92 Å². The van der Waals surface area contributed by atoms with Crippen molar-refractivity contribution in [2.24, 2.45) is 5.92 Å². The average Bonchev–Trinajstić information content (AvgIpc) is 3.21. The molecule has 7 nitrogen and oxygen atoms in total. The molecule has 0 aromatic carbocycles. The molecule has 1 saturated heterocycles. The van der Waals surface area contributed by atoms with Crippen LogP contribution < -0.4 is 15.4 Å². The highest BCUT2D eigenvalue weighted by Crippen LogP contribution is 2.16. The fourth-order valence-corrected chi connectivity index (χ4v) is 3.27. The van der Waals surface area contributed by atoms with E-state index in [-0.39, 0.29) is 18.5 Å². The summed E-state index contributed by atoms with van der Waals surface area (Å²) in [5.74, 6) is 0.268. The molecule has 2 amide bonds. The highest BCUT2D eigenvalue weighted by Gasteiger charge is 2.37. The van der Waals surface area contributed by atoms with Gasteiger partial charge in [-0.1, -0.05) is 20.8 Å². The molecular weight excluding hydrogens is 356 g/mol. The van der Waals surface area contributed by atoms with E-state index in [0.717, 1.165) is 6.42 Å². The van der Waals surface area contributed by atoms with Crippen LogP contribution in [0.25, 0.3) is 0 Å². The number of ketones is 1. The van der Waals surface area contributed by atoms with E-state index in [9.17, 15) is 14.4 Å². The quantitative estimate of drug-likeness (QED) is 0.720. The third-order valence-corrected chi connectivity index (χ3v) is 4.87. The van der Waals surface area contributed by atoms with Crippen LogP contribution in [-0.4, -0.2) is 42.6 Å². The lowest BCUT2D eigenvalue weighted by molar-refractivity contribution is -0.127. The van der Waals surface area contributed by atoms with Gasteiger partial charge in [-0.05, 0) is 36.6 Å². The van der Waals surface area contributed by atoms with Gasteiger partial charge in [0.2, 0.25) is 5.91 Å². The molecule has 2 unspecified atom stereocenters. The van der Waals surface area contributed by atoms with E-state index in [0.29, 0.717) is 24.5 Å². The third kappa shape index (κ3) is 5.81. The first-order chi connectivity index (χ1) is 12.4. The van der Waals surface area contributed by atoms with Crippen molar-refractivity contribution in [1.29, 1.82) is 0 Å². The average molecular weight is 382 g/mol. The minimum Gasteiger partial charge on any atom is -0.409 e. The van der Waals surface area contributed by atoms with Crippen molar-refractivity contribution in [3.05, 3.63) is 16.8 Å². The summed E-state index contributed by atoms with van der Waals surface area (Å²) in [5.41, 5.74) is 0. The van der Waals surface area contributed by atoms with Crippen molar-refractivity contribution in [2.45, 2.75) is 58.2 Å². The van der Waals surface area contributed by atoms with Gasteiger partial charge >= 0.3 is 6.09 Å². The Balaban J connectivity index is 1.99. The lowest BCUT2D eigenvalue weighted by Crippen LogP contribution is -2.53. The van der Waals surface area contributed by atoms with Crippen LogP contribution >= 0.6 is 11.3 Å². The summed E-state index contributed by atoms with van der Waals surface area (Å²) < 4.78 is 10.5. The zero-order valence-corrected chi connectivity index (χ0v) is 16.1. The van der Waals surface area contributed by atoms with Crippen molar-refractivity contribution >= 4 is 29.1 Å². The van der Waals surface area contributed by atoms with E-state index in [2.05, 4.69) is 10.6 Å². The summed E-state index contributed by atoms with van der Waals surface area (Å²) in [6.45, 7) is 5.99. The molecule has 0 radical (unpaired) electrons. The summed E-state index contributed by atoms with van der Waals surface area (Å²) in [4.78, 5) is 36.7. The minimum atomic E-state index is -0.769. The van der Waals surface area contributed by atoms with Crippen molar-refractivity contribution in [3.8, 4) is 5.75 Å². The molecule has 1 aliphatic rings. The third-order valence-electron chi connectivity index (χ3n) is 4.21. The van der Waals surface area contributed by atoms with Gasteiger partial charge < -0.3 is 20.1 Å². The molecule has 8 heteroatoms. The Morgan fingerprint density at radius 3 is 2.77 bits per heavy atom. The second-order valence-corrected chi connectivity index (χ2v) is 7.51. The molecule has 1 aromatic rings. The summed E-state index contributed by atoms with van der Waals surface area (Å²) in [6, 6.07) is 0.242. The number of rotatable bonds is 8. The topological polar surface area (TPSA) is 93.7 Å². The van der Waals surface area contributed by atoms with Gasteiger partial charge in [0.25, 0.3) is 0 Å². The number of Topliss-reactive ketones (excluding diaryl/α,β-unsaturated/α-hetero) is 1. The van der Waals surface area contributed by atoms with E-state index >= 15 is 0 Å². The van der Waals surface area contributed by atoms with Gasteiger partial charge in [0.15, 0.2) is 5.78 Å². The van der Waals surface area contributed by atoms with Crippen molar-refractivity contribution in [1.82, 2.24) is 10.6 Å². The monoisotopic (exact) mass is 382 g/mol. The van der Waals surface area contributed by atoms with Crippen LogP contribution in [0.4, 0.5) is 4.79 Å². The molecule has 2 N–H and O–H groups in total. The molecule has 0 aliphatic carbocycles. The summed E-state index contributed by atoms with van der Waals surface area (Å²) in [6.07, 6.45) is 0.827. The molecule has 2 heterocycles. The van der Waals surface area contributed by atoms with Crippen molar-refractivity contribution in [2.75, 3.05) is 6.61 Å². The molecule has 0 saturated carbocycles. The van der Waals surface area contributed by atoms with Crippen LogP contribution in [0.15, 0.2) is 16.8 Å². The first-order valence-electron chi connectivity index (χ1n) is 8.86. The normalized spacial score (nSPS) is 20.8. The molecular formula is C18H26N2O5S. The lowest BCUT2D eigenvalue weighted by atomic mass is 10.0. The molecule has 1 aliphatic heterocycles. The standard InChI is InChI=1S/C18H26N2O5S/c1-4-15-16(14(21)9-24-15)20-17(22)13(6-5-11(2)3)19-18(23)25-12-7-8-26-10-12/h7-8,10-11,13,15-16H,4-6,9H2,1-3H3,(H,19,23)(H,20,22)/t13-,15?,16?/m0/s1. The second kappa shape index (κ2) is 9.68. The SMILES string of the molecule is CCC1OCC(=O)C1NC(=O)[C@H](CCC(C)C)NC(=O)Oc1ccsc1. The lowest BCUT2D eigenvalue weighted by Gasteiger charge is -2.23. The Labute approximate surface area is 157 Å². The number of carbonyl (C=O) groups is 3. The van der Waals surface area contributed by atoms with Crippen LogP contribution in [0.1, 0.15) is 40.0 Å². The highest BCUT2D eigenvalue weighted by atomic mass is 32.1. The maximum absolute atomic E-state index is 12.7. The second-order valence-electron chi connectivity index (χ2n) is 6.73. The van der Waals surface area contributed by atoms with Gasteiger partial charge in [0, 0.05) is 5.38 Å². The number of carbonyl (C=O) groups excluding carboxylic acids is 3. The Kier molecular flexibility index (Phi) is 7.59. The van der Waals surface area contributed by atoms with Crippen LogP contribution in [0.3, 0.4) is 0 Å². The molecule has 1 fully saturated rings. The number of ether oxygens (including phenoxy) is 2. The van der Waals surface area contributed by atoms with E-state index in [4.69, 9.17) is 9.47 Å². The number of hydrogen-bond donors (Lipinski definition) is 2. The molecule has 3 atom stereocenters. The Morgan fingerprint density at radius 1 is 1.38 bits per heavy atom. The summed E-state index contributed by atoms with van der Waals surface area (Å²) >= 11 is 1.41.